The van der Waals surface area contributed by atoms with Crippen molar-refractivity contribution in [1.29, 1.82) is 0 Å². The quantitative estimate of drug-likeness (QED) is 0.123. The van der Waals surface area contributed by atoms with Crippen LogP contribution < -0.4 is 4.74 Å². The Balaban J connectivity index is 2.34. The second-order valence-corrected chi connectivity index (χ2v) is 7.14. The van der Waals surface area contributed by atoms with Gasteiger partial charge in [0.1, 0.15) is 11.3 Å². The van der Waals surface area contributed by atoms with Gasteiger partial charge in [-0.05, 0) is 30.2 Å². The molecule has 1 aromatic carbocycles. The highest BCUT2D eigenvalue weighted by molar-refractivity contribution is 6.17. The molecule has 0 bridgehead atoms. The minimum absolute atomic E-state index is 0.107. The lowest BCUT2D eigenvalue weighted by molar-refractivity contribution is -0.145. The molecule has 0 unspecified atom stereocenters. The maximum atomic E-state index is 12.3. The van der Waals surface area contributed by atoms with Gasteiger partial charge < -0.3 is 14.2 Å². The first-order chi connectivity index (χ1) is 14.1. The summed E-state index contributed by atoms with van der Waals surface area (Å²) >= 11 is 0. The third-order valence-corrected chi connectivity index (χ3v) is 4.78. The maximum absolute atomic E-state index is 12.3. The molecule has 5 nitrogen and oxygen atoms in total. The topological polar surface area (TPSA) is 61.8 Å². The van der Waals surface area contributed by atoms with Gasteiger partial charge in [0.25, 0.3) is 0 Å². The van der Waals surface area contributed by atoms with Gasteiger partial charge in [-0.3, -0.25) is 0 Å². The van der Waals surface area contributed by atoms with Crippen molar-refractivity contribution in [3.63, 3.8) is 0 Å². The van der Waals surface area contributed by atoms with Crippen molar-refractivity contribution in [2.45, 2.75) is 71.1 Å². The molecule has 0 N–H and O–H groups in total. The molecule has 0 aromatic heterocycles. The van der Waals surface area contributed by atoms with E-state index in [0.717, 1.165) is 19.3 Å². The molecule has 0 aliphatic rings. The maximum Gasteiger partial charge on any atom is 0.345 e. The summed E-state index contributed by atoms with van der Waals surface area (Å²) in [6.45, 7) is 2.54. The van der Waals surface area contributed by atoms with Crippen LogP contribution in [0.15, 0.2) is 29.8 Å². The van der Waals surface area contributed by atoms with Gasteiger partial charge in [0.2, 0.25) is 0 Å². The van der Waals surface area contributed by atoms with Gasteiger partial charge >= 0.3 is 11.9 Å². The van der Waals surface area contributed by atoms with Gasteiger partial charge in [0, 0.05) is 0 Å². The molecule has 0 fully saturated rings. The molecule has 0 amide bonds. The van der Waals surface area contributed by atoms with Gasteiger partial charge in [0.15, 0.2) is 0 Å². The third-order valence-electron chi connectivity index (χ3n) is 4.78. The molecule has 1 rings (SSSR count). The van der Waals surface area contributed by atoms with Crippen molar-refractivity contribution in [1.82, 2.24) is 0 Å². The number of esters is 2. The Kier molecular flexibility index (Phi) is 13.3. The average molecular weight is 405 g/mol. The number of ether oxygens (including phenoxy) is 3. The van der Waals surface area contributed by atoms with Crippen LogP contribution in [-0.4, -0.2) is 32.8 Å². The smallest absolute Gasteiger partial charge is 0.345 e. The predicted molar refractivity (Wildman–Crippen MR) is 116 cm³/mol. The van der Waals surface area contributed by atoms with Crippen molar-refractivity contribution >= 4 is 18.0 Å². The van der Waals surface area contributed by atoms with Gasteiger partial charge in [-0.25, -0.2) is 9.59 Å². The molecule has 0 spiro atoms. The van der Waals surface area contributed by atoms with E-state index in [4.69, 9.17) is 14.2 Å². The van der Waals surface area contributed by atoms with Crippen LogP contribution in [0.4, 0.5) is 0 Å². The fourth-order valence-electron chi connectivity index (χ4n) is 3.01. The van der Waals surface area contributed by atoms with E-state index >= 15 is 0 Å². The van der Waals surface area contributed by atoms with Gasteiger partial charge in [-0.1, -0.05) is 76.8 Å². The van der Waals surface area contributed by atoms with E-state index in [-0.39, 0.29) is 5.57 Å². The normalized spacial score (nSPS) is 11.2. The highest BCUT2D eigenvalue weighted by atomic mass is 16.5. The Morgan fingerprint density at radius 2 is 1.34 bits per heavy atom. The Morgan fingerprint density at radius 1 is 0.793 bits per heavy atom. The summed E-state index contributed by atoms with van der Waals surface area (Å²) < 4.78 is 15.1. The zero-order valence-corrected chi connectivity index (χ0v) is 18.2. The number of methoxy groups -OCH3 is 2. The summed E-state index contributed by atoms with van der Waals surface area (Å²) in [6.07, 6.45) is 13.6. The number of benzene rings is 1. The summed E-state index contributed by atoms with van der Waals surface area (Å²) in [5.74, 6) is -0.650. The van der Waals surface area contributed by atoms with E-state index in [0.29, 0.717) is 17.9 Å². The van der Waals surface area contributed by atoms with Crippen molar-refractivity contribution in [3.05, 3.63) is 35.4 Å². The molecule has 162 valence electrons. The molecule has 0 saturated heterocycles. The van der Waals surface area contributed by atoms with E-state index in [9.17, 15) is 9.59 Å². The van der Waals surface area contributed by atoms with Crippen molar-refractivity contribution in [2.75, 3.05) is 20.8 Å². The second-order valence-electron chi connectivity index (χ2n) is 7.14. The zero-order valence-electron chi connectivity index (χ0n) is 18.2. The van der Waals surface area contributed by atoms with E-state index in [1.807, 2.05) is 0 Å². The van der Waals surface area contributed by atoms with Gasteiger partial charge in [-0.15, -0.1) is 0 Å². The molecule has 1 aromatic rings. The predicted octanol–water partition coefficient (Wildman–Crippen LogP) is 5.72. The summed E-state index contributed by atoms with van der Waals surface area (Å²) in [4.78, 5) is 24.3. The van der Waals surface area contributed by atoms with Crippen LogP contribution in [0.3, 0.4) is 0 Å². The minimum Gasteiger partial charge on any atom is -0.497 e. The Hall–Kier alpha value is -2.30. The fraction of sp³-hybridized carbons (Fsp3) is 0.583. The largest absolute Gasteiger partial charge is 0.497 e. The molecule has 0 saturated carbocycles. The number of hydrogen-bond acceptors (Lipinski definition) is 5. The van der Waals surface area contributed by atoms with Crippen LogP contribution >= 0.6 is 0 Å². The SMILES string of the molecule is CCCCCCCCCCCCOC(=O)/C(=C/c1ccc(OC)cc1)C(=O)OC. The summed E-state index contributed by atoms with van der Waals surface area (Å²) in [7, 11) is 2.83. The number of carbonyl (C=O) groups excluding carboxylic acids is 2. The lowest BCUT2D eigenvalue weighted by atomic mass is 10.1. The number of carbonyl (C=O) groups is 2. The zero-order chi connectivity index (χ0) is 21.3. The monoisotopic (exact) mass is 404 g/mol. The van der Waals surface area contributed by atoms with Crippen LogP contribution in [0.5, 0.6) is 5.75 Å². The Labute approximate surface area is 175 Å². The summed E-state index contributed by atoms with van der Waals surface area (Å²) in [5, 5.41) is 0. The lowest BCUT2D eigenvalue weighted by Crippen LogP contribution is -2.17. The number of hydrogen-bond donors (Lipinski definition) is 0. The van der Waals surface area contributed by atoms with Crippen molar-refractivity contribution < 1.29 is 23.8 Å². The molecule has 0 atom stereocenters. The van der Waals surface area contributed by atoms with Crippen LogP contribution in [0.1, 0.15) is 76.7 Å². The highest BCUT2D eigenvalue weighted by Crippen LogP contribution is 2.16. The average Bonchev–Trinajstić information content (AvgIpc) is 2.75. The molecule has 29 heavy (non-hydrogen) atoms. The van der Waals surface area contributed by atoms with E-state index in [1.54, 1.807) is 31.4 Å². The molecule has 0 aliphatic heterocycles. The molecule has 0 heterocycles. The minimum atomic E-state index is -0.700. The molecular weight excluding hydrogens is 368 g/mol. The van der Waals surface area contributed by atoms with Crippen molar-refractivity contribution in [2.24, 2.45) is 0 Å². The van der Waals surface area contributed by atoms with Crippen LogP contribution in [0, 0.1) is 0 Å². The first-order valence-electron chi connectivity index (χ1n) is 10.7. The number of rotatable bonds is 15. The van der Waals surface area contributed by atoms with Gasteiger partial charge in [-0.2, -0.15) is 0 Å². The summed E-state index contributed by atoms with van der Waals surface area (Å²) in [6, 6.07) is 7.04. The lowest BCUT2D eigenvalue weighted by Gasteiger charge is -2.08. The van der Waals surface area contributed by atoms with Crippen molar-refractivity contribution in [3.8, 4) is 5.75 Å². The first-order valence-corrected chi connectivity index (χ1v) is 10.7. The Bertz CT molecular complexity index is 619. The molecule has 0 radical (unpaired) electrons. The molecular formula is C24H36O5. The van der Waals surface area contributed by atoms with Gasteiger partial charge in [0.05, 0.1) is 20.8 Å². The van der Waals surface area contributed by atoms with E-state index < -0.39 is 11.9 Å². The third kappa shape index (κ3) is 10.7. The van der Waals surface area contributed by atoms with E-state index in [1.165, 1.54) is 58.1 Å². The molecule has 5 heteroatoms. The van der Waals surface area contributed by atoms with E-state index in [2.05, 4.69) is 6.92 Å². The molecule has 0 aliphatic carbocycles. The van der Waals surface area contributed by atoms with Crippen LogP contribution in [0.2, 0.25) is 0 Å². The fourth-order valence-corrected chi connectivity index (χ4v) is 3.01. The standard InChI is InChI=1S/C24H36O5/c1-4-5-6-7-8-9-10-11-12-13-18-29-24(26)22(23(25)28-3)19-20-14-16-21(27-2)17-15-20/h14-17,19H,4-13,18H2,1-3H3/b22-19+. The van der Waals surface area contributed by atoms with Crippen LogP contribution in [-0.2, 0) is 19.1 Å². The Morgan fingerprint density at radius 3 is 1.86 bits per heavy atom. The van der Waals surface area contributed by atoms with Crippen LogP contribution in [0.25, 0.3) is 6.08 Å². The first kappa shape index (κ1) is 24.7. The summed E-state index contributed by atoms with van der Waals surface area (Å²) in [5.41, 5.74) is 0.590. The number of unbranched alkanes of at least 4 members (excludes halogenated alkanes) is 9. The highest BCUT2D eigenvalue weighted by Gasteiger charge is 2.20. The second kappa shape index (κ2) is 15.6.